The molecule has 1 unspecified atom stereocenters. The van der Waals surface area contributed by atoms with Gasteiger partial charge in [0, 0.05) is 5.56 Å². The predicted molar refractivity (Wildman–Crippen MR) is 210 cm³/mol. The molecule has 6 nitrogen and oxygen atoms in total. The molecule has 276 valence electrons. The van der Waals surface area contributed by atoms with Crippen LogP contribution in [-0.2, 0) is 62.3 Å². The van der Waals surface area contributed by atoms with Crippen LogP contribution in [0, 0.1) is 6.92 Å². The molecule has 7 rings (SSSR count). The molecule has 54 heavy (non-hydrogen) atoms. The Kier molecular flexibility index (Phi) is 12.8. The van der Waals surface area contributed by atoms with Gasteiger partial charge in [0.1, 0.15) is 24.4 Å². The van der Waals surface area contributed by atoms with Crippen LogP contribution in [-0.4, -0.2) is 36.1 Å². The van der Waals surface area contributed by atoms with Gasteiger partial charge in [-0.15, -0.1) is 0 Å². The maximum Gasteiger partial charge on any atom is 0.222 e. The van der Waals surface area contributed by atoms with Crippen molar-refractivity contribution in [3.63, 3.8) is 0 Å². The van der Waals surface area contributed by atoms with Crippen LogP contribution in [0.5, 0.6) is 0 Å². The summed E-state index contributed by atoms with van der Waals surface area (Å²) in [5.74, 6) is -1.92. The molecule has 6 aromatic rings. The maximum atomic E-state index is 13.1. The molecule has 0 radical (unpaired) electrons. The standard InChI is InChI=1S/C48H48O6/c1-36-25-27-37(28-26-36)29-42-23-14-24-43(30-42)48(49)47(53-34-41-21-12-5-13-22-41)46(52-33-40-19-10-4-11-20-40)45(51-32-39-17-8-3-9-18-39)44(54-48)35-50-31-38-15-6-2-7-16-38/h2-28,30,44-47,49H,29,31-35H2,1H3/t44-,45-,46+,47-,48?/m1/s1. The summed E-state index contributed by atoms with van der Waals surface area (Å²) in [5.41, 5.74) is 8.01. The molecule has 6 heteroatoms. The van der Waals surface area contributed by atoms with Gasteiger partial charge in [0.25, 0.3) is 0 Å². The molecule has 0 bridgehead atoms. The van der Waals surface area contributed by atoms with Gasteiger partial charge >= 0.3 is 0 Å². The lowest BCUT2D eigenvalue weighted by Crippen LogP contribution is -2.65. The Morgan fingerprint density at radius 2 is 0.981 bits per heavy atom. The first-order valence-corrected chi connectivity index (χ1v) is 18.7. The van der Waals surface area contributed by atoms with Crippen LogP contribution >= 0.6 is 0 Å². The van der Waals surface area contributed by atoms with Crippen LogP contribution in [0.15, 0.2) is 170 Å². The molecule has 1 fully saturated rings. The molecule has 5 atom stereocenters. The van der Waals surface area contributed by atoms with Crippen molar-refractivity contribution in [2.45, 2.75) is 70.0 Å². The average Bonchev–Trinajstić information content (AvgIpc) is 3.22. The van der Waals surface area contributed by atoms with E-state index >= 15 is 0 Å². The summed E-state index contributed by atoms with van der Waals surface area (Å²) in [5, 5.41) is 13.1. The fraction of sp³-hybridized carbons (Fsp3) is 0.250. The van der Waals surface area contributed by atoms with Crippen molar-refractivity contribution in [3.8, 4) is 0 Å². The number of ether oxygens (including phenoxy) is 5. The third-order valence-corrected chi connectivity index (χ3v) is 9.81. The van der Waals surface area contributed by atoms with Gasteiger partial charge in [-0.05, 0) is 52.8 Å². The van der Waals surface area contributed by atoms with Gasteiger partial charge in [0.15, 0.2) is 0 Å². The van der Waals surface area contributed by atoms with Crippen molar-refractivity contribution in [1.82, 2.24) is 0 Å². The van der Waals surface area contributed by atoms with E-state index in [-0.39, 0.29) is 19.8 Å². The lowest BCUT2D eigenvalue weighted by Gasteiger charge is -2.50. The van der Waals surface area contributed by atoms with Crippen molar-refractivity contribution >= 4 is 0 Å². The van der Waals surface area contributed by atoms with E-state index < -0.39 is 30.2 Å². The molecule has 0 spiro atoms. The highest BCUT2D eigenvalue weighted by Gasteiger charge is 2.57. The Morgan fingerprint density at radius 1 is 0.500 bits per heavy atom. The number of hydrogen-bond acceptors (Lipinski definition) is 6. The number of hydrogen-bond donors (Lipinski definition) is 1. The Morgan fingerprint density at radius 3 is 1.54 bits per heavy atom. The van der Waals surface area contributed by atoms with Gasteiger partial charge in [0.2, 0.25) is 5.79 Å². The molecule has 0 aromatic heterocycles. The van der Waals surface area contributed by atoms with Crippen molar-refractivity contribution < 1.29 is 28.8 Å². The maximum absolute atomic E-state index is 13.1. The summed E-state index contributed by atoms with van der Waals surface area (Å²) < 4.78 is 33.7. The molecule has 1 aliphatic rings. The predicted octanol–water partition coefficient (Wildman–Crippen LogP) is 9.10. The largest absolute Gasteiger partial charge is 0.374 e. The second-order valence-electron chi connectivity index (χ2n) is 14.0. The van der Waals surface area contributed by atoms with Crippen molar-refractivity contribution in [2.24, 2.45) is 0 Å². The van der Waals surface area contributed by atoms with E-state index in [9.17, 15) is 5.11 Å². The second-order valence-corrected chi connectivity index (χ2v) is 14.0. The molecule has 1 N–H and O–H groups in total. The highest BCUT2D eigenvalue weighted by atomic mass is 16.7. The van der Waals surface area contributed by atoms with E-state index in [1.54, 1.807) is 0 Å². The van der Waals surface area contributed by atoms with E-state index in [1.165, 1.54) is 11.1 Å². The summed E-state index contributed by atoms with van der Waals surface area (Å²) in [4.78, 5) is 0. The molecular formula is C48H48O6. The van der Waals surface area contributed by atoms with Gasteiger partial charge in [-0.3, -0.25) is 0 Å². The Balaban J connectivity index is 1.27. The summed E-state index contributed by atoms with van der Waals surface area (Å²) in [6.45, 7) is 3.43. The highest BCUT2D eigenvalue weighted by molar-refractivity contribution is 5.34. The highest BCUT2D eigenvalue weighted by Crippen LogP contribution is 2.42. The van der Waals surface area contributed by atoms with Gasteiger partial charge in [-0.1, -0.05) is 169 Å². The monoisotopic (exact) mass is 720 g/mol. The molecule has 0 amide bonds. The van der Waals surface area contributed by atoms with Crippen molar-refractivity contribution in [2.75, 3.05) is 6.61 Å². The lowest BCUT2D eigenvalue weighted by molar-refractivity contribution is -0.378. The summed E-state index contributed by atoms with van der Waals surface area (Å²) >= 11 is 0. The van der Waals surface area contributed by atoms with Crippen molar-refractivity contribution in [1.29, 1.82) is 0 Å². The number of aryl methyl sites for hydroxylation is 1. The summed E-state index contributed by atoms with van der Waals surface area (Å²) in [6, 6.07) is 56.5. The summed E-state index contributed by atoms with van der Waals surface area (Å²) in [7, 11) is 0. The molecule has 0 aliphatic carbocycles. The Hall–Kier alpha value is -4.92. The van der Waals surface area contributed by atoms with E-state index in [2.05, 4.69) is 37.3 Å². The molecule has 1 saturated heterocycles. The third kappa shape index (κ3) is 9.78. The van der Waals surface area contributed by atoms with Gasteiger partial charge in [-0.2, -0.15) is 0 Å². The zero-order valence-electron chi connectivity index (χ0n) is 30.7. The molecule has 1 heterocycles. The van der Waals surface area contributed by atoms with Gasteiger partial charge < -0.3 is 28.8 Å². The average molecular weight is 721 g/mol. The van der Waals surface area contributed by atoms with Gasteiger partial charge in [-0.25, -0.2) is 0 Å². The van der Waals surface area contributed by atoms with Crippen LogP contribution in [0.2, 0.25) is 0 Å². The first-order valence-electron chi connectivity index (χ1n) is 18.7. The zero-order valence-corrected chi connectivity index (χ0v) is 30.7. The van der Waals surface area contributed by atoms with E-state index in [0.29, 0.717) is 25.2 Å². The minimum Gasteiger partial charge on any atom is -0.374 e. The van der Waals surface area contributed by atoms with Crippen molar-refractivity contribution in [3.05, 3.63) is 214 Å². The number of rotatable bonds is 16. The quantitative estimate of drug-likeness (QED) is 0.108. The van der Waals surface area contributed by atoms with Crippen LogP contribution < -0.4 is 0 Å². The molecular weight excluding hydrogens is 673 g/mol. The smallest absolute Gasteiger partial charge is 0.222 e. The SMILES string of the molecule is Cc1ccc(Cc2cccc(C3(O)O[C@H](COCc4ccccc4)[C@@H](OCc4ccccc4)[C@H](OCc4ccccc4)[C@H]3OCc3ccccc3)c2)cc1. The normalized spacial score (nSPS) is 21.1. The Bertz CT molecular complexity index is 1990. The first-order chi connectivity index (χ1) is 26.5. The van der Waals surface area contributed by atoms with E-state index in [1.807, 2.05) is 140 Å². The second kappa shape index (κ2) is 18.4. The minimum atomic E-state index is -1.92. The van der Waals surface area contributed by atoms with Crippen LogP contribution in [0.25, 0.3) is 0 Å². The zero-order chi connectivity index (χ0) is 37.0. The first kappa shape index (κ1) is 37.4. The molecule has 1 aliphatic heterocycles. The molecule has 6 aromatic carbocycles. The number of benzene rings is 6. The van der Waals surface area contributed by atoms with Crippen LogP contribution in [0.3, 0.4) is 0 Å². The topological polar surface area (TPSA) is 66.4 Å². The fourth-order valence-electron chi connectivity index (χ4n) is 6.93. The third-order valence-electron chi connectivity index (χ3n) is 9.81. The van der Waals surface area contributed by atoms with E-state index in [0.717, 1.165) is 27.8 Å². The van der Waals surface area contributed by atoms with Crippen LogP contribution in [0.4, 0.5) is 0 Å². The van der Waals surface area contributed by atoms with Gasteiger partial charge in [0.05, 0.1) is 33.0 Å². The Labute approximate surface area is 318 Å². The summed E-state index contributed by atoms with van der Waals surface area (Å²) in [6.07, 6.45) is -2.44. The van der Waals surface area contributed by atoms with E-state index in [4.69, 9.17) is 23.7 Å². The fourth-order valence-corrected chi connectivity index (χ4v) is 6.93. The minimum absolute atomic E-state index is 0.149. The molecule has 0 saturated carbocycles. The number of aliphatic hydroxyl groups is 1. The van der Waals surface area contributed by atoms with Crippen LogP contribution in [0.1, 0.15) is 44.5 Å². The lowest BCUT2D eigenvalue weighted by atomic mass is 9.86.